The Bertz CT molecular complexity index is 833. The number of hydrogen-bond donors (Lipinski definition) is 2. The van der Waals surface area contributed by atoms with E-state index < -0.39 is 18.3 Å². The lowest BCUT2D eigenvalue weighted by Crippen LogP contribution is -2.49. The number of benzene rings is 3. The van der Waals surface area contributed by atoms with Crippen molar-refractivity contribution in [2.75, 3.05) is 0 Å². The highest BCUT2D eigenvalue weighted by molar-refractivity contribution is 5.30. The van der Waals surface area contributed by atoms with Crippen molar-refractivity contribution in [1.29, 1.82) is 0 Å². The van der Waals surface area contributed by atoms with Crippen LogP contribution >= 0.6 is 0 Å². The molecule has 0 radical (unpaired) electrons. The minimum Gasteiger partial charge on any atom is -0.392 e. The SMILES string of the molecule is O[C@H]1[C@@H](c2ccccc2)[C@@H](O)O[C@H](Cc2ccccc2)[C@H]1c1ccccc1. The second-order valence-corrected chi connectivity index (χ2v) is 7.12. The molecular weight excluding hydrogens is 336 g/mol. The van der Waals surface area contributed by atoms with Gasteiger partial charge in [0.25, 0.3) is 0 Å². The van der Waals surface area contributed by atoms with E-state index in [2.05, 4.69) is 0 Å². The third-order valence-corrected chi connectivity index (χ3v) is 5.41. The van der Waals surface area contributed by atoms with Crippen LogP contribution in [0.2, 0.25) is 0 Å². The topological polar surface area (TPSA) is 49.7 Å². The monoisotopic (exact) mass is 360 g/mol. The highest BCUT2D eigenvalue weighted by Crippen LogP contribution is 2.42. The molecule has 0 spiro atoms. The smallest absolute Gasteiger partial charge is 0.164 e. The van der Waals surface area contributed by atoms with Crippen molar-refractivity contribution in [1.82, 2.24) is 0 Å². The van der Waals surface area contributed by atoms with Crippen LogP contribution in [0.1, 0.15) is 28.5 Å². The first kappa shape index (κ1) is 17.9. The summed E-state index contributed by atoms with van der Waals surface area (Å²) in [5.41, 5.74) is 3.04. The first-order chi connectivity index (χ1) is 13.2. The molecule has 0 aromatic heterocycles. The standard InChI is InChI=1S/C24H24O3/c25-23-21(18-12-6-2-7-13-18)20(16-17-10-4-1-5-11-17)27-24(26)22(23)19-14-8-3-9-15-19/h1-15,20-26H,16H2/t20-,21-,22-,23-,24+/m1/s1. The van der Waals surface area contributed by atoms with Gasteiger partial charge in [0.2, 0.25) is 0 Å². The summed E-state index contributed by atoms with van der Waals surface area (Å²) in [7, 11) is 0. The van der Waals surface area contributed by atoms with Gasteiger partial charge in [0.05, 0.1) is 18.1 Å². The Morgan fingerprint density at radius 3 is 1.67 bits per heavy atom. The van der Waals surface area contributed by atoms with Crippen LogP contribution < -0.4 is 0 Å². The van der Waals surface area contributed by atoms with E-state index in [0.29, 0.717) is 6.42 Å². The van der Waals surface area contributed by atoms with Crippen molar-refractivity contribution in [3.05, 3.63) is 108 Å². The molecule has 2 N–H and O–H groups in total. The molecule has 4 rings (SSSR count). The number of ether oxygens (including phenoxy) is 1. The average Bonchev–Trinajstić information content (AvgIpc) is 2.70. The van der Waals surface area contributed by atoms with Crippen LogP contribution in [0, 0.1) is 0 Å². The van der Waals surface area contributed by atoms with Crippen LogP contribution in [-0.2, 0) is 11.2 Å². The molecule has 1 aliphatic heterocycles. The zero-order chi connectivity index (χ0) is 18.6. The van der Waals surface area contributed by atoms with Crippen LogP contribution in [0.5, 0.6) is 0 Å². The molecule has 1 saturated heterocycles. The van der Waals surface area contributed by atoms with Crippen LogP contribution in [0.25, 0.3) is 0 Å². The molecule has 0 saturated carbocycles. The molecule has 1 fully saturated rings. The van der Waals surface area contributed by atoms with E-state index in [1.54, 1.807) is 0 Å². The first-order valence-corrected chi connectivity index (χ1v) is 9.39. The summed E-state index contributed by atoms with van der Waals surface area (Å²) in [6.07, 6.45) is -1.46. The predicted octanol–water partition coefficient (Wildman–Crippen LogP) is 3.87. The molecule has 3 heteroatoms. The summed E-state index contributed by atoms with van der Waals surface area (Å²) in [6.45, 7) is 0. The third-order valence-electron chi connectivity index (χ3n) is 5.41. The molecule has 27 heavy (non-hydrogen) atoms. The van der Waals surface area contributed by atoms with Crippen molar-refractivity contribution < 1.29 is 14.9 Å². The highest BCUT2D eigenvalue weighted by Gasteiger charge is 2.45. The minimum absolute atomic E-state index is 0.222. The average molecular weight is 360 g/mol. The van der Waals surface area contributed by atoms with Crippen LogP contribution in [0.4, 0.5) is 0 Å². The quantitative estimate of drug-likeness (QED) is 0.742. The molecule has 3 aromatic rings. The lowest BCUT2D eigenvalue weighted by atomic mass is 9.75. The van der Waals surface area contributed by atoms with E-state index in [-0.39, 0.29) is 12.0 Å². The Morgan fingerprint density at radius 2 is 1.11 bits per heavy atom. The fraction of sp³-hybridized carbons (Fsp3) is 0.250. The molecule has 3 aromatic carbocycles. The van der Waals surface area contributed by atoms with Gasteiger partial charge >= 0.3 is 0 Å². The predicted molar refractivity (Wildman–Crippen MR) is 105 cm³/mol. The van der Waals surface area contributed by atoms with Crippen molar-refractivity contribution >= 4 is 0 Å². The van der Waals surface area contributed by atoms with Gasteiger partial charge in [-0.3, -0.25) is 0 Å². The molecule has 3 nitrogen and oxygen atoms in total. The number of rotatable bonds is 4. The van der Waals surface area contributed by atoms with Gasteiger partial charge in [-0.05, 0) is 23.1 Å². The molecule has 0 aliphatic carbocycles. The van der Waals surface area contributed by atoms with Crippen molar-refractivity contribution in [3.63, 3.8) is 0 Å². The molecule has 1 heterocycles. The fourth-order valence-corrected chi connectivity index (χ4v) is 4.11. The van der Waals surface area contributed by atoms with Gasteiger partial charge in [0.15, 0.2) is 6.29 Å². The molecule has 0 unspecified atom stereocenters. The maximum absolute atomic E-state index is 11.3. The highest BCUT2D eigenvalue weighted by atomic mass is 16.6. The molecule has 0 bridgehead atoms. The van der Waals surface area contributed by atoms with E-state index >= 15 is 0 Å². The second kappa shape index (κ2) is 8.05. The van der Waals surface area contributed by atoms with Crippen LogP contribution in [0.15, 0.2) is 91.0 Å². The molecule has 5 atom stereocenters. The zero-order valence-electron chi connectivity index (χ0n) is 15.1. The second-order valence-electron chi connectivity index (χ2n) is 7.12. The van der Waals surface area contributed by atoms with Crippen molar-refractivity contribution in [2.24, 2.45) is 0 Å². The normalized spacial score (nSPS) is 28.0. The first-order valence-electron chi connectivity index (χ1n) is 9.39. The Morgan fingerprint density at radius 1 is 0.630 bits per heavy atom. The van der Waals surface area contributed by atoms with Gasteiger partial charge in [-0.25, -0.2) is 0 Å². The molecule has 1 aliphatic rings. The van der Waals surface area contributed by atoms with Crippen LogP contribution in [0.3, 0.4) is 0 Å². The van der Waals surface area contributed by atoms with E-state index in [0.717, 1.165) is 16.7 Å². The summed E-state index contributed by atoms with van der Waals surface area (Å²) in [5.74, 6) is -0.705. The zero-order valence-corrected chi connectivity index (χ0v) is 15.1. The van der Waals surface area contributed by atoms with Gasteiger partial charge in [-0.1, -0.05) is 91.0 Å². The van der Waals surface area contributed by atoms with Crippen molar-refractivity contribution in [3.8, 4) is 0 Å². The summed E-state index contributed by atoms with van der Waals surface area (Å²) in [4.78, 5) is 0. The van der Waals surface area contributed by atoms with Gasteiger partial charge in [-0.15, -0.1) is 0 Å². The third kappa shape index (κ3) is 3.81. The van der Waals surface area contributed by atoms with E-state index in [1.165, 1.54) is 0 Å². The fourth-order valence-electron chi connectivity index (χ4n) is 4.11. The molecule has 0 amide bonds. The van der Waals surface area contributed by atoms with Gasteiger partial charge in [0, 0.05) is 5.92 Å². The van der Waals surface area contributed by atoms with E-state index in [1.807, 2.05) is 91.0 Å². The summed E-state index contributed by atoms with van der Waals surface area (Å²) < 4.78 is 6.09. The summed E-state index contributed by atoms with van der Waals surface area (Å²) in [5, 5.41) is 22.0. The summed E-state index contributed by atoms with van der Waals surface area (Å²) in [6, 6.07) is 29.7. The molecule has 138 valence electrons. The largest absolute Gasteiger partial charge is 0.392 e. The maximum Gasteiger partial charge on any atom is 0.164 e. The Balaban J connectivity index is 1.69. The Labute approximate surface area is 159 Å². The lowest BCUT2D eigenvalue weighted by molar-refractivity contribution is -0.212. The number of aliphatic hydroxyl groups is 2. The number of hydrogen-bond acceptors (Lipinski definition) is 3. The minimum atomic E-state index is -1.05. The summed E-state index contributed by atoms with van der Waals surface area (Å²) >= 11 is 0. The Kier molecular flexibility index (Phi) is 5.35. The Hall–Kier alpha value is -2.46. The molecular formula is C24H24O3. The lowest BCUT2D eigenvalue weighted by Gasteiger charge is -2.44. The van der Waals surface area contributed by atoms with E-state index in [9.17, 15) is 10.2 Å². The van der Waals surface area contributed by atoms with E-state index in [4.69, 9.17) is 4.74 Å². The van der Waals surface area contributed by atoms with Gasteiger partial charge < -0.3 is 14.9 Å². The van der Waals surface area contributed by atoms with Crippen molar-refractivity contribution in [2.45, 2.75) is 36.8 Å². The van der Waals surface area contributed by atoms with Crippen LogP contribution in [-0.4, -0.2) is 28.7 Å². The van der Waals surface area contributed by atoms with Gasteiger partial charge in [-0.2, -0.15) is 0 Å². The maximum atomic E-state index is 11.3. The number of aliphatic hydroxyl groups excluding tert-OH is 2. The van der Waals surface area contributed by atoms with Gasteiger partial charge in [0.1, 0.15) is 0 Å².